The molecule has 0 radical (unpaired) electrons. The van der Waals surface area contributed by atoms with E-state index >= 15 is 0 Å². The normalized spacial score (nSPS) is 18.4. The van der Waals surface area contributed by atoms with E-state index in [1.165, 1.54) is 32.1 Å². The average molecular weight is 227 g/mol. The zero-order valence-corrected chi connectivity index (χ0v) is 10.6. The van der Waals surface area contributed by atoms with Crippen LogP contribution in [0.2, 0.25) is 0 Å². The first kappa shape index (κ1) is 13.5. The van der Waals surface area contributed by atoms with Gasteiger partial charge in [0, 0.05) is 13.0 Å². The van der Waals surface area contributed by atoms with E-state index in [0.29, 0.717) is 13.0 Å². The second-order valence-corrected chi connectivity index (χ2v) is 5.63. The second kappa shape index (κ2) is 6.24. The Morgan fingerprint density at radius 1 is 1.31 bits per heavy atom. The fourth-order valence-electron chi connectivity index (χ4n) is 2.21. The summed E-state index contributed by atoms with van der Waals surface area (Å²) >= 11 is 0. The Balaban J connectivity index is 2.09. The lowest BCUT2D eigenvalue weighted by molar-refractivity contribution is -0.122. The highest BCUT2D eigenvalue weighted by atomic mass is 16.3. The lowest BCUT2D eigenvalue weighted by atomic mass is 9.86. The van der Waals surface area contributed by atoms with E-state index in [4.69, 9.17) is 0 Å². The SMILES string of the molecule is CC(C)(O)CNC(=O)CCC1CCCCC1. The van der Waals surface area contributed by atoms with Gasteiger partial charge in [0.25, 0.3) is 0 Å². The van der Waals surface area contributed by atoms with Crippen LogP contribution in [0.3, 0.4) is 0 Å². The number of nitrogens with one attached hydrogen (secondary N) is 1. The Kier molecular flexibility index (Phi) is 5.26. The summed E-state index contributed by atoms with van der Waals surface area (Å²) in [5, 5.41) is 12.2. The number of aliphatic hydroxyl groups is 1. The third-order valence-corrected chi connectivity index (χ3v) is 3.22. The van der Waals surface area contributed by atoms with Gasteiger partial charge in [-0.3, -0.25) is 4.79 Å². The second-order valence-electron chi connectivity index (χ2n) is 5.63. The summed E-state index contributed by atoms with van der Waals surface area (Å²) < 4.78 is 0. The maximum absolute atomic E-state index is 11.5. The molecule has 0 bridgehead atoms. The Hall–Kier alpha value is -0.570. The van der Waals surface area contributed by atoms with Crippen molar-refractivity contribution >= 4 is 5.91 Å². The topological polar surface area (TPSA) is 49.3 Å². The van der Waals surface area contributed by atoms with Gasteiger partial charge in [-0.15, -0.1) is 0 Å². The van der Waals surface area contributed by atoms with Gasteiger partial charge in [-0.05, 0) is 26.2 Å². The molecule has 0 aliphatic heterocycles. The van der Waals surface area contributed by atoms with E-state index in [1.807, 2.05) is 0 Å². The van der Waals surface area contributed by atoms with Crippen molar-refractivity contribution in [2.75, 3.05) is 6.54 Å². The van der Waals surface area contributed by atoms with E-state index in [2.05, 4.69) is 5.32 Å². The molecule has 0 spiro atoms. The van der Waals surface area contributed by atoms with Crippen molar-refractivity contribution in [3.05, 3.63) is 0 Å². The number of amides is 1. The van der Waals surface area contributed by atoms with Crippen LogP contribution in [-0.4, -0.2) is 23.2 Å². The summed E-state index contributed by atoms with van der Waals surface area (Å²) in [7, 11) is 0. The van der Waals surface area contributed by atoms with Crippen LogP contribution in [-0.2, 0) is 4.79 Å². The molecule has 0 aromatic heterocycles. The van der Waals surface area contributed by atoms with E-state index in [9.17, 15) is 9.90 Å². The average Bonchev–Trinajstić information content (AvgIpc) is 2.24. The van der Waals surface area contributed by atoms with Gasteiger partial charge in [0.05, 0.1) is 5.60 Å². The van der Waals surface area contributed by atoms with Crippen molar-refractivity contribution in [1.82, 2.24) is 5.32 Å². The zero-order valence-electron chi connectivity index (χ0n) is 10.6. The van der Waals surface area contributed by atoms with E-state index < -0.39 is 5.60 Å². The van der Waals surface area contributed by atoms with Crippen LogP contribution in [0, 0.1) is 5.92 Å². The van der Waals surface area contributed by atoms with Gasteiger partial charge >= 0.3 is 0 Å². The Bertz CT molecular complexity index is 214. The molecular formula is C13H25NO2. The number of carbonyl (C=O) groups excluding carboxylic acids is 1. The van der Waals surface area contributed by atoms with Gasteiger partial charge in [0.1, 0.15) is 0 Å². The van der Waals surface area contributed by atoms with Crippen LogP contribution in [0.4, 0.5) is 0 Å². The van der Waals surface area contributed by atoms with Crippen LogP contribution >= 0.6 is 0 Å². The molecule has 1 amide bonds. The monoisotopic (exact) mass is 227 g/mol. The maximum atomic E-state index is 11.5. The fourth-order valence-corrected chi connectivity index (χ4v) is 2.21. The highest BCUT2D eigenvalue weighted by Gasteiger charge is 2.16. The highest BCUT2D eigenvalue weighted by molar-refractivity contribution is 5.75. The van der Waals surface area contributed by atoms with E-state index in [1.54, 1.807) is 13.8 Å². The van der Waals surface area contributed by atoms with Crippen molar-refractivity contribution in [2.24, 2.45) is 5.92 Å². The third kappa shape index (κ3) is 6.11. The fraction of sp³-hybridized carbons (Fsp3) is 0.923. The van der Waals surface area contributed by atoms with Gasteiger partial charge in [0.15, 0.2) is 0 Å². The Labute approximate surface area is 98.6 Å². The van der Waals surface area contributed by atoms with E-state index in [0.717, 1.165) is 12.3 Å². The Morgan fingerprint density at radius 3 is 2.50 bits per heavy atom. The number of carbonyl (C=O) groups is 1. The molecule has 2 N–H and O–H groups in total. The molecule has 0 heterocycles. The van der Waals surface area contributed by atoms with Gasteiger partial charge < -0.3 is 10.4 Å². The van der Waals surface area contributed by atoms with Crippen LogP contribution in [0.25, 0.3) is 0 Å². The lowest BCUT2D eigenvalue weighted by Gasteiger charge is -2.22. The van der Waals surface area contributed by atoms with Crippen LogP contribution < -0.4 is 5.32 Å². The smallest absolute Gasteiger partial charge is 0.220 e. The first-order valence-corrected chi connectivity index (χ1v) is 6.46. The summed E-state index contributed by atoms with van der Waals surface area (Å²) in [6.45, 7) is 3.75. The molecule has 0 aromatic carbocycles. The highest BCUT2D eigenvalue weighted by Crippen LogP contribution is 2.27. The molecule has 0 saturated heterocycles. The molecule has 1 rings (SSSR count). The molecule has 94 valence electrons. The van der Waals surface area contributed by atoms with Gasteiger partial charge in [-0.1, -0.05) is 32.1 Å². The van der Waals surface area contributed by atoms with Crippen molar-refractivity contribution in [2.45, 2.75) is 64.4 Å². The van der Waals surface area contributed by atoms with Crippen molar-refractivity contribution < 1.29 is 9.90 Å². The Morgan fingerprint density at radius 2 is 1.94 bits per heavy atom. The first-order valence-electron chi connectivity index (χ1n) is 6.46. The molecule has 3 nitrogen and oxygen atoms in total. The van der Waals surface area contributed by atoms with Crippen molar-refractivity contribution in [3.63, 3.8) is 0 Å². The number of hydrogen-bond acceptors (Lipinski definition) is 2. The van der Waals surface area contributed by atoms with Crippen LogP contribution in [0.15, 0.2) is 0 Å². The molecule has 1 saturated carbocycles. The van der Waals surface area contributed by atoms with Gasteiger partial charge in [-0.2, -0.15) is 0 Å². The minimum absolute atomic E-state index is 0.0766. The summed E-state index contributed by atoms with van der Waals surface area (Å²) in [5.74, 6) is 0.828. The molecule has 3 heteroatoms. The van der Waals surface area contributed by atoms with Crippen molar-refractivity contribution in [1.29, 1.82) is 0 Å². The molecule has 1 aliphatic rings. The predicted molar refractivity (Wildman–Crippen MR) is 65.1 cm³/mol. The molecule has 1 aliphatic carbocycles. The quantitative estimate of drug-likeness (QED) is 0.756. The predicted octanol–water partition coefficient (Wildman–Crippen LogP) is 2.23. The molecule has 0 unspecified atom stereocenters. The summed E-state index contributed by atoms with van der Waals surface area (Å²) in [5.41, 5.74) is -0.805. The zero-order chi connectivity index (χ0) is 12.0. The van der Waals surface area contributed by atoms with Gasteiger partial charge in [-0.25, -0.2) is 0 Å². The number of hydrogen-bond donors (Lipinski definition) is 2. The minimum Gasteiger partial charge on any atom is -0.389 e. The standard InChI is InChI=1S/C13H25NO2/c1-13(2,16)10-14-12(15)9-8-11-6-4-3-5-7-11/h11,16H,3-10H2,1-2H3,(H,14,15). The van der Waals surface area contributed by atoms with Gasteiger partial charge in [0.2, 0.25) is 5.91 Å². The third-order valence-electron chi connectivity index (χ3n) is 3.22. The molecule has 1 fully saturated rings. The summed E-state index contributed by atoms with van der Waals surface area (Å²) in [6, 6.07) is 0. The lowest BCUT2D eigenvalue weighted by Crippen LogP contribution is -2.38. The molecule has 0 atom stereocenters. The van der Waals surface area contributed by atoms with E-state index in [-0.39, 0.29) is 5.91 Å². The van der Waals surface area contributed by atoms with Crippen LogP contribution in [0.1, 0.15) is 58.8 Å². The summed E-state index contributed by atoms with van der Waals surface area (Å²) in [6.07, 6.45) is 8.23. The first-order chi connectivity index (χ1) is 7.47. The largest absolute Gasteiger partial charge is 0.389 e. The minimum atomic E-state index is -0.805. The molecule has 16 heavy (non-hydrogen) atoms. The molecule has 0 aromatic rings. The van der Waals surface area contributed by atoms with Crippen LogP contribution in [0.5, 0.6) is 0 Å². The molecular weight excluding hydrogens is 202 g/mol. The number of rotatable bonds is 5. The van der Waals surface area contributed by atoms with Crippen molar-refractivity contribution in [3.8, 4) is 0 Å². The summed E-state index contributed by atoms with van der Waals surface area (Å²) in [4.78, 5) is 11.5. The maximum Gasteiger partial charge on any atom is 0.220 e.